The minimum atomic E-state index is -3.68. The molecule has 7 nitrogen and oxygen atoms in total. The Morgan fingerprint density at radius 3 is 2.37 bits per heavy atom. The number of aryl methyl sites for hydroxylation is 3. The molecule has 1 aliphatic rings. The predicted molar refractivity (Wildman–Crippen MR) is 116 cm³/mol. The van der Waals surface area contributed by atoms with Crippen LogP contribution >= 0.6 is 0 Å². The van der Waals surface area contributed by atoms with Crippen molar-refractivity contribution in [3.8, 4) is 0 Å². The molecule has 1 atom stereocenters. The SMILES string of the molecule is Cc1ccc(NC(=O)C(=O)NCC2CCCN2S(=O)(=O)c2cc(C)ccc2C)cc1. The Morgan fingerprint density at radius 1 is 1.00 bits per heavy atom. The molecule has 8 heteroatoms. The number of sulfonamides is 1. The van der Waals surface area contributed by atoms with Crippen LogP contribution in [0.25, 0.3) is 0 Å². The number of rotatable bonds is 5. The van der Waals surface area contributed by atoms with Crippen molar-refractivity contribution < 1.29 is 18.0 Å². The first-order chi connectivity index (χ1) is 14.2. The zero-order valence-electron chi connectivity index (χ0n) is 17.4. The molecule has 1 saturated heterocycles. The van der Waals surface area contributed by atoms with Crippen LogP contribution in [0.1, 0.15) is 29.5 Å². The molecule has 0 saturated carbocycles. The normalized spacial score (nSPS) is 17.0. The van der Waals surface area contributed by atoms with Gasteiger partial charge in [0, 0.05) is 24.8 Å². The summed E-state index contributed by atoms with van der Waals surface area (Å²) in [6, 6.07) is 12.1. The number of nitrogens with zero attached hydrogens (tertiary/aromatic N) is 1. The van der Waals surface area contributed by atoms with Gasteiger partial charge in [0.05, 0.1) is 4.90 Å². The van der Waals surface area contributed by atoms with Gasteiger partial charge in [-0.05, 0) is 62.9 Å². The zero-order valence-corrected chi connectivity index (χ0v) is 18.3. The molecule has 2 N–H and O–H groups in total. The quantitative estimate of drug-likeness (QED) is 0.714. The summed E-state index contributed by atoms with van der Waals surface area (Å²) in [6.45, 7) is 6.04. The molecule has 0 aromatic heterocycles. The van der Waals surface area contributed by atoms with Crippen molar-refractivity contribution in [2.75, 3.05) is 18.4 Å². The van der Waals surface area contributed by atoms with Crippen LogP contribution in [0.2, 0.25) is 0 Å². The van der Waals surface area contributed by atoms with Crippen molar-refractivity contribution >= 4 is 27.5 Å². The van der Waals surface area contributed by atoms with E-state index in [1.54, 1.807) is 31.2 Å². The van der Waals surface area contributed by atoms with Crippen LogP contribution in [0.5, 0.6) is 0 Å². The topological polar surface area (TPSA) is 95.6 Å². The van der Waals surface area contributed by atoms with Crippen molar-refractivity contribution in [3.05, 3.63) is 59.2 Å². The molecular formula is C22H27N3O4S. The molecule has 0 aliphatic carbocycles. The molecule has 1 heterocycles. The maximum Gasteiger partial charge on any atom is 0.313 e. The summed E-state index contributed by atoms with van der Waals surface area (Å²) in [5, 5.41) is 5.12. The second kappa shape index (κ2) is 8.97. The third-order valence-corrected chi connectivity index (χ3v) is 7.36. The summed E-state index contributed by atoms with van der Waals surface area (Å²) in [5.41, 5.74) is 3.13. The Hall–Kier alpha value is -2.71. The first-order valence-electron chi connectivity index (χ1n) is 9.93. The van der Waals surface area contributed by atoms with Gasteiger partial charge in [-0.3, -0.25) is 9.59 Å². The lowest BCUT2D eigenvalue weighted by Crippen LogP contribution is -2.45. The number of benzene rings is 2. The highest BCUT2D eigenvalue weighted by Crippen LogP contribution is 2.28. The fourth-order valence-electron chi connectivity index (χ4n) is 3.56. The lowest BCUT2D eigenvalue weighted by molar-refractivity contribution is -0.136. The third-order valence-electron chi connectivity index (χ3n) is 5.27. The smallest absolute Gasteiger partial charge is 0.313 e. The van der Waals surface area contributed by atoms with Crippen LogP contribution in [-0.4, -0.2) is 43.7 Å². The molecule has 1 aliphatic heterocycles. The van der Waals surface area contributed by atoms with Crippen molar-refractivity contribution in [2.24, 2.45) is 0 Å². The fraction of sp³-hybridized carbons (Fsp3) is 0.364. The van der Waals surface area contributed by atoms with Gasteiger partial charge >= 0.3 is 11.8 Å². The molecule has 1 unspecified atom stereocenters. The number of hydrogen-bond acceptors (Lipinski definition) is 4. The molecule has 0 spiro atoms. The van der Waals surface area contributed by atoms with E-state index >= 15 is 0 Å². The van der Waals surface area contributed by atoms with Gasteiger partial charge in [0.15, 0.2) is 0 Å². The minimum absolute atomic E-state index is 0.0875. The van der Waals surface area contributed by atoms with Crippen LogP contribution in [0.3, 0.4) is 0 Å². The highest BCUT2D eigenvalue weighted by Gasteiger charge is 2.36. The molecule has 2 amide bonds. The highest BCUT2D eigenvalue weighted by molar-refractivity contribution is 7.89. The van der Waals surface area contributed by atoms with Crippen molar-refractivity contribution in [3.63, 3.8) is 0 Å². The summed E-state index contributed by atoms with van der Waals surface area (Å²) in [7, 11) is -3.68. The summed E-state index contributed by atoms with van der Waals surface area (Å²) in [4.78, 5) is 24.6. The van der Waals surface area contributed by atoms with E-state index in [1.807, 2.05) is 32.0 Å². The van der Waals surface area contributed by atoms with Gasteiger partial charge in [-0.1, -0.05) is 29.8 Å². The average Bonchev–Trinajstić information content (AvgIpc) is 3.19. The Kier molecular flexibility index (Phi) is 6.58. The summed E-state index contributed by atoms with van der Waals surface area (Å²) >= 11 is 0. The summed E-state index contributed by atoms with van der Waals surface area (Å²) in [6.07, 6.45) is 1.34. The number of carbonyl (C=O) groups excluding carboxylic acids is 2. The number of anilines is 1. The summed E-state index contributed by atoms with van der Waals surface area (Å²) < 4.78 is 27.8. The maximum atomic E-state index is 13.2. The molecule has 30 heavy (non-hydrogen) atoms. The van der Waals surface area contributed by atoms with Crippen LogP contribution in [0.15, 0.2) is 47.4 Å². The van der Waals surface area contributed by atoms with Gasteiger partial charge in [-0.25, -0.2) is 8.42 Å². The van der Waals surface area contributed by atoms with Crippen LogP contribution < -0.4 is 10.6 Å². The van der Waals surface area contributed by atoms with E-state index < -0.39 is 21.8 Å². The zero-order chi connectivity index (χ0) is 21.9. The van der Waals surface area contributed by atoms with Gasteiger partial charge in [-0.2, -0.15) is 4.31 Å². The second-order valence-corrected chi connectivity index (χ2v) is 9.57. The van der Waals surface area contributed by atoms with E-state index in [0.29, 0.717) is 30.6 Å². The molecule has 2 aromatic carbocycles. The Balaban J connectivity index is 1.64. The first kappa shape index (κ1) is 22.0. The van der Waals surface area contributed by atoms with Gasteiger partial charge in [0.1, 0.15) is 0 Å². The lowest BCUT2D eigenvalue weighted by atomic mass is 10.2. The largest absolute Gasteiger partial charge is 0.346 e. The van der Waals surface area contributed by atoms with E-state index in [1.165, 1.54) is 4.31 Å². The van der Waals surface area contributed by atoms with E-state index in [9.17, 15) is 18.0 Å². The number of carbonyl (C=O) groups is 2. The Morgan fingerprint density at radius 2 is 1.67 bits per heavy atom. The van der Waals surface area contributed by atoms with Gasteiger partial charge in [0.25, 0.3) is 0 Å². The van der Waals surface area contributed by atoms with Crippen molar-refractivity contribution in [1.82, 2.24) is 9.62 Å². The van der Waals surface area contributed by atoms with E-state index in [0.717, 1.165) is 11.1 Å². The minimum Gasteiger partial charge on any atom is -0.346 e. The van der Waals surface area contributed by atoms with Crippen molar-refractivity contribution in [2.45, 2.75) is 44.6 Å². The van der Waals surface area contributed by atoms with E-state index in [2.05, 4.69) is 10.6 Å². The standard InChI is InChI=1S/C22H27N3O4S/c1-15-7-10-18(11-8-15)24-22(27)21(26)23-14-19-5-4-12-25(19)30(28,29)20-13-16(2)6-9-17(20)3/h6-11,13,19H,4-5,12,14H2,1-3H3,(H,23,26)(H,24,27). The molecule has 2 aromatic rings. The predicted octanol–water partition coefficient (Wildman–Crippen LogP) is 2.52. The molecule has 3 rings (SSSR count). The molecular weight excluding hydrogens is 402 g/mol. The van der Waals surface area contributed by atoms with Gasteiger partial charge < -0.3 is 10.6 Å². The molecule has 160 valence electrons. The van der Waals surface area contributed by atoms with Crippen molar-refractivity contribution in [1.29, 1.82) is 0 Å². The van der Waals surface area contributed by atoms with Gasteiger partial charge in [0.2, 0.25) is 10.0 Å². The highest BCUT2D eigenvalue weighted by atomic mass is 32.2. The fourth-order valence-corrected chi connectivity index (χ4v) is 5.56. The Bertz CT molecular complexity index is 1050. The third kappa shape index (κ3) is 4.88. The van der Waals surface area contributed by atoms with E-state index in [-0.39, 0.29) is 17.5 Å². The first-order valence-corrected chi connectivity index (χ1v) is 11.4. The van der Waals surface area contributed by atoms with Gasteiger partial charge in [-0.15, -0.1) is 0 Å². The number of hydrogen-bond donors (Lipinski definition) is 2. The van der Waals surface area contributed by atoms with Crippen LogP contribution in [-0.2, 0) is 19.6 Å². The molecule has 0 radical (unpaired) electrons. The monoisotopic (exact) mass is 429 g/mol. The van der Waals surface area contributed by atoms with Crippen LogP contribution in [0, 0.1) is 20.8 Å². The molecule has 1 fully saturated rings. The Labute approximate surface area is 177 Å². The summed E-state index contributed by atoms with van der Waals surface area (Å²) in [5.74, 6) is -1.56. The second-order valence-electron chi connectivity index (χ2n) is 7.71. The maximum absolute atomic E-state index is 13.2. The number of amides is 2. The van der Waals surface area contributed by atoms with E-state index in [4.69, 9.17) is 0 Å². The number of nitrogens with one attached hydrogen (secondary N) is 2. The average molecular weight is 430 g/mol. The van der Waals surface area contributed by atoms with Crippen LogP contribution in [0.4, 0.5) is 5.69 Å². The lowest BCUT2D eigenvalue weighted by Gasteiger charge is -2.25. The molecule has 0 bridgehead atoms.